The quantitative estimate of drug-likeness (QED) is 0.0366. The highest BCUT2D eigenvalue weighted by Crippen LogP contribution is 2.29. The molecule has 2 aromatic heterocycles. The lowest BCUT2D eigenvalue weighted by molar-refractivity contribution is -0.144. The van der Waals surface area contributed by atoms with E-state index in [1.54, 1.807) is 74.6 Å². The van der Waals surface area contributed by atoms with Gasteiger partial charge in [-0.2, -0.15) is 4.98 Å². The van der Waals surface area contributed by atoms with Crippen molar-refractivity contribution in [3.05, 3.63) is 142 Å². The van der Waals surface area contributed by atoms with Gasteiger partial charge in [0.25, 0.3) is 5.91 Å². The molecule has 23 heteroatoms. The van der Waals surface area contributed by atoms with Gasteiger partial charge in [0.2, 0.25) is 29.6 Å². The average Bonchev–Trinajstić information content (AvgIpc) is 4.22. The van der Waals surface area contributed by atoms with Gasteiger partial charge in [0, 0.05) is 51.5 Å². The summed E-state index contributed by atoms with van der Waals surface area (Å²) in [7, 11) is 0. The summed E-state index contributed by atoms with van der Waals surface area (Å²) in [6, 6.07) is 28.7. The second-order valence-corrected chi connectivity index (χ2v) is 21.6. The molecule has 0 aliphatic carbocycles. The maximum absolute atomic E-state index is 14.8. The molecule has 0 bridgehead atoms. The van der Waals surface area contributed by atoms with Crippen molar-refractivity contribution in [3.63, 3.8) is 0 Å². The summed E-state index contributed by atoms with van der Waals surface area (Å²) in [6.45, 7) is 10.2. The maximum Gasteiger partial charge on any atom is 0.317 e. The highest BCUT2D eigenvalue weighted by Gasteiger charge is 2.42. The van der Waals surface area contributed by atoms with Crippen molar-refractivity contribution < 1.29 is 42.6 Å². The van der Waals surface area contributed by atoms with Crippen LogP contribution in [0.5, 0.6) is 0 Å². The van der Waals surface area contributed by atoms with Gasteiger partial charge in [-0.15, -0.1) is 11.3 Å². The predicted molar refractivity (Wildman–Crippen MR) is 306 cm³/mol. The first-order valence-corrected chi connectivity index (χ1v) is 27.7. The van der Waals surface area contributed by atoms with Crippen LogP contribution in [-0.4, -0.2) is 143 Å². The first-order chi connectivity index (χ1) is 39.0. The van der Waals surface area contributed by atoms with Crippen LogP contribution in [-0.2, 0) is 41.6 Å². The molecule has 2 atom stereocenters. The molecule has 6 aromatic rings. The monoisotopic (exact) mass is 1140 g/mol. The highest BCUT2D eigenvalue weighted by molar-refractivity contribution is 7.13. The van der Waals surface area contributed by atoms with Crippen molar-refractivity contribution in [1.29, 1.82) is 0 Å². The number of ether oxygens (including phenoxy) is 2. The Hall–Kier alpha value is -8.23. The summed E-state index contributed by atoms with van der Waals surface area (Å²) in [5.41, 5.74) is 6.47. The summed E-state index contributed by atoms with van der Waals surface area (Å²) in [6.07, 6.45) is 2.36. The summed E-state index contributed by atoms with van der Waals surface area (Å²) >= 11 is 7.72. The van der Waals surface area contributed by atoms with Gasteiger partial charge >= 0.3 is 6.03 Å². The van der Waals surface area contributed by atoms with Crippen LogP contribution in [0.1, 0.15) is 60.8 Å². The Morgan fingerprint density at radius 1 is 0.827 bits per heavy atom. The molecule has 4 aromatic carbocycles. The van der Waals surface area contributed by atoms with E-state index in [4.69, 9.17) is 21.1 Å². The molecular formula is C58H64ClFN12O8S. The van der Waals surface area contributed by atoms with E-state index in [9.17, 15) is 33.2 Å². The number of aromatic nitrogens is 3. The highest BCUT2D eigenvalue weighted by atomic mass is 35.5. The zero-order valence-corrected chi connectivity index (χ0v) is 47.0. The molecule has 0 spiro atoms. The number of benzene rings is 3. The number of amides is 7. The third-order valence-corrected chi connectivity index (χ3v) is 14.7. The Morgan fingerprint density at radius 2 is 1.56 bits per heavy atom. The summed E-state index contributed by atoms with van der Waals surface area (Å²) in [5, 5.41) is 17.6. The Bertz CT molecular complexity index is 3150. The van der Waals surface area contributed by atoms with Crippen LogP contribution in [0.3, 0.4) is 0 Å². The van der Waals surface area contributed by atoms with E-state index in [1.165, 1.54) is 12.1 Å². The largest absolute Gasteiger partial charge is 0.377 e. The summed E-state index contributed by atoms with van der Waals surface area (Å²) in [4.78, 5) is 97.9. The number of para-hydroxylation sites is 1. The number of nitrogens with one attached hydrogen (secondary N) is 6. The maximum atomic E-state index is 14.8. The number of nitrogens with zero attached hydrogens (tertiary/aromatic N) is 6. The van der Waals surface area contributed by atoms with Gasteiger partial charge < -0.3 is 56.1 Å². The SMILES string of the molecule is Cc1ncsc1-c1ccc(CNC(=O)C2CCCN2C(=O)[C@@H](NC(=O)COCCOCCNC(=O)N2CCN(C(=O)Cc3ccc(Nc4ncc(F)c(Nc5c#cc(C(=O)Nc6ccccc6Cl)cc5)n4)cc3)CC2)C(C)(C)C)cc1. The van der Waals surface area contributed by atoms with Crippen LogP contribution < -0.4 is 31.9 Å². The van der Waals surface area contributed by atoms with Gasteiger partial charge in [-0.25, -0.2) is 19.2 Å². The van der Waals surface area contributed by atoms with E-state index in [2.05, 4.69) is 59.0 Å². The van der Waals surface area contributed by atoms with Gasteiger partial charge in [-0.1, -0.05) is 87.0 Å². The lowest BCUT2D eigenvalue weighted by Gasteiger charge is -2.35. The first-order valence-electron chi connectivity index (χ1n) is 26.5. The zero-order chi connectivity index (χ0) is 57.5. The second-order valence-electron chi connectivity index (χ2n) is 20.4. The van der Waals surface area contributed by atoms with Crippen LogP contribution in [0.2, 0.25) is 5.02 Å². The molecule has 7 amide bonds. The molecular weight excluding hydrogens is 1080 g/mol. The Kier molecular flexibility index (Phi) is 20.2. The number of aryl methyl sites for hydroxylation is 1. The van der Waals surface area contributed by atoms with Crippen LogP contribution in [0.4, 0.5) is 38.0 Å². The fourth-order valence-corrected chi connectivity index (χ4v) is 9.97. The van der Waals surface area contributed by atoms with Gasteiger partial charge in [0.15, 0.2) is 11.6 Å². The molecule has 2 fully saturated rings. The minimum Gasteiger partial charge on any atom is -0.377 e. The number of hydrogen-bond donors (Lipinski definition) is 6. The van der Waals surface area contributed by atoms with Crippen LogP contribution in [0.15, 0.2) is 96.6 Å². The number of carbonyl (C=O) groups excluding carboxylic acids is 6. The molecule has 8 rings (SSSR count). The van der Waals surface area contributed by atoms with Crippen molar-refractivity contribution in [3.8, 4) is 10.4 Å². The van der Waals surface area contributed by atoms with Gasteiger partial charge in [-0.05, 0) is 84.3 Å². The zero-order valence-electron chi connectivity index (χ0n) is 45.4. The van der Waals surface area contributed by atoms with Crippen molar-refractivity contribution >= 4 is 87.3 Å². The molecule has 424 valence electrons. The Morgan fingerprint density at radius 3 is 2.26 bits per heavy atom. The number of rotatable bonds is 22. The number of anilines is 5. The standard InChI is InChI=1S/C58H64ClFN12O8S/c1-37-50(81-36-64-37)40-15-11-39(12-16-40)33-62-54(76)47-10-7-24-72(47)55(77)51(58(2,3)4)68-48(73)35-80-31-30-79-29-23-61-57(78)71-27-25-70(26-28-71)49(74)32-38-13-19-43(20-14-38)66-56-63-34-45(60)52(69-56)65-42-21-17-41(18-22-42)53(75)67-46-9-6-5-8-44(46)59/h5-6,8-9,11-17,19-21,34,36,47,51H,7,10,23-33,35H2,1-4H3,(H,61,78)(H,62,76)(H,67,75)(H,68,73)(H2,63,65,66,69)/t47?,51-/m1/s1. The number of thiazole rings is 1. The van der Waals surface area contributed by atoms with E-state index in [0.29, 0.717) is 74.2 Å². The topological polar surface area (TPSA) is 241 Å². The number of halogens is 2. The third-order valence-electron chi connectivity index (χ3n) is 13.4. The van der Waals surface area contributed by atoms with Gasteiger partial charge in [0.05, 0.1) is 70.5 Å². The number of urea groups is 1. The van der Waals surface area contributed by atoms with E-state index in [0.717, 1.165) is 33.5 Å². The lowest BCUT2D eigenvalue weighted by Crippen LogP contribution is -2.58. The van der Waals surface area contributed by atoms with E-state index in [-0.39, 0.29) is 80.5 Å². The molecule has 6 N–H and O–H groups in total. The van der Waals surface area contributed by atoms with Crippen molar-refractivity contribution in [2.24, 2.45) is 5.41 Å². The molecule has 4 heterocycles. The molecule has 81 heavy (non-hydrogen) atoms. The van der Waals surface area contributed by atoms with E-state index in [1.807, 2.05) is 57.5 Å². The fourth-order valence-electron chi connectivity index (χ4n) is 8.97. The molecule has 2 saturated heterocycles. The van der Waals surface area contributed by atoms with E-state index < -0.39 is 35.1 Å². The smallest absolute Gasteiger partial charge is 0.317 e. The molecule has 2 aliphatic heterocycles. The summed E-state index contributed by atoms with van der Waals surface area (Å²) in [5.74, 6) is -2.28. The van der Waals surface area contributed by atoms with Crippen LogP contribution in [0.25, 0.3) is 10.4 Å². The Labute approximate surface area is 478 Å². The van der Waals surface area contributed by atoms with E-state index >= 15 is 0 Å². The summed E-state index contributed by atoms with van der Waals surface area (Å²) < 4.78 is 25.9. The molecule has 0 radical (unpaired) electrons. The average molecular weight is 1140 g/mol. The minimum absolute atomic E-state index is 0.0819. The molecule has 0 saturated carbocycles. The number of carbonyl (C=O) groups is 6. The van der Waals surface area contributed by atoms with Gasteiger partial charge in [0.1, 0.15) is 18.7 Å². The molecule has 1 unspecified atom stereocenters. The number of hydrogen-bond acceptors (Lipinski definition) is 14. The normalized spacial score (nSPS) is 14.6. The predicted octanol–water partition coefficient (Wildman–Crippen LogP) is 7.31. The van der Waals surface area contributed by atoms with Gasteiger partial charge in [-0.3, -0.25) is 24.0 Å². The first kappa shape index (κ1) is 58.9. The van der Waals surface area contributed by atoms with Crippen molar-refractivity contribution in [2.75, 3.05) is 81.6 Å². The third kappa shape index (κ3) is 16.4. The number of likely N-dealkylation sites (tertiary alicyclic amines) is 1. The van der Waals surface area contributed by atoms with Crippen molar-refractivity contribution in [2.45, 2.75) is 65.6 Å². The van der Waals surface area contributed by atoms with Crippen molar-refractivity contribution in [1.82, 2.24) is 45.6 Å². The molecule has 20 nitrogen and oxygen atoms in total. The fraction of sp³-hybridized carbons (Fsp3) is 0.362. The second kappa shape index (κ2) is 27.8. The minimum atomic E-state index is -0.890. The molecule has 2 aliphatic rings. The Balaban J connectivity index is 0.677. The number of piperazine rings is 1. The van der Waals surface area contributed by atoms with Crippen LogP contribution in [0, 0.1) is 30.3 Å². The van der Waals surface area contributed by atoms with Crippen LogP contribution >= 0.6 is 22.9 Å². The lowest BCUT2D eigenvalue weighted by atomic mass is 9.85.